The van der Waals surface area contributed by atoms with E-state index in [1.54, 1.807) is 6.92 Å². The van der Waals surface area contributed by atoms with Gasteiger partial charge in [0.25, 0.3) is 0 Å². The Balaban J connectivity index is 4.31. The maximum atomic E-state index is 12.3. The summed E-state index contributed by atoms with van der Waals surface area (Å²) in [6, 6.07) is -1.33. The van der Waals surface area contributed by atoms with Crippen LogP contribution in [-0.4, -0.2) is 97.0 Å². The molecular weight excluding hydrogens is 554 g/mol. The van der Waals surface area contributed by atoms with Crippen LogP contribution in [0.1, 0.15) is 78.6 Å². The largest absolute Gasteiger partial charge is 0.481 e. The van der Waals surface area contributed by atoms with Crippen LogP contribution in [0.2, 0.25) is 0 Å². The number of carboxylic acid groups (broad SMARTS) is 2. The van der Waals surface area contributed by atoms with E-state index in [0.717, 1.165) is 12.8 Å². The minimum absolute atomic E-state index is 0.0318. The number of ether oxygens (including phenoxy) is 2. The zero-order valence-electron chi connectivity index (χ0n) is 24.9. The topological polar surface area (TPSA) is 214 Å². The Kier molecular flexibility index (Phi) is 21.3. The first-order chi connectivity index (χ1) is 19.9. The van der Waals surface area contributed by atoms with Crippen molar-refractivity contribution in [2.45, 2.75) is 84.6 Å². The molecule has 0 heterocycles. The van der Waals surface area contributed by atoms with Gasteiger partial charge in [-0.25, -0.2) is 4.79 Å². The van der Waals surface area contributed by atoms with Gasteiger partial charge in [0.1, 0.15) is 18.4 Å². The van der Waals surface area contributed by atoms with E-state index < -0.39 is 35.6 Å². The molecule has 0 aliphatic carbocycles. The van der Waals surface area contributed by atoms with Gasteiger partial charge in [0.15, 0.2) is 5.78 Å². The molecule has 0 saturated heterocycles. The summed E-state index contributed by atoms with van der Waals surface area (Å²) in [5, 5.41) is 26.5. The Labute approximate surface area is 246 Å². The molecule has 0 radical (unpaired) electrons. The average molecular weight is 602 g/mol. The molecule has 42 heavy (non-hydrogen) atoms. The second-order valence-electron chi connectivity index (χ2n) is 10.0. The summed E-state index contributed by atoms with van der Waals surface area (Å²) >= 11 is 0. The monoisotopic (exact) mass is 601 g/mol. The fourth-order valence-electron chi connectivity index (χ4n) is 3.64. The highest BCUT2D eigenvalue weighted by atomic mass is 16.5. The number of carboxylic acids is 2. The maximum Gasteiger partial charge on any atom is 0.326 e. The number of Topliss-reactive ketones (excluding diaryl/α,β-unsaturated/α-hetero) is 2. The zero-order valence-corrected chi connectivity index (χ0v) is 24.9. The molecule has 14 nitrogen and oxygen atoms in total. The Morgan fingerprint density at radius 1 is 0.738 bits per heavy atom. The van der Waals surface area contributed by atoms with Gasteiger partial charge in [-0.05, 0) is 32.6 Å². The molecule has 0 bridgehead atoms. The molecule has 0 aliphatic heterocycles. The van der Waals surface area contributed by atoms with E-state index in [-0.39, 0.29) is 82.0 Å². The van der Waals surface area contributed by atoms with Crippen molar-refractivity contribution >= 4 is 41.2 Å². The molecule has 14 heteroatoms. The number of amides is 3. The van der Waals surface area contributed by atoms with Gasteiger partial charge in [-0.15, -0.1) is 0 Å². The SMILES string of the molecule is CCC(=O)NCCOCCOCC(=O)C[C@@H](CCC(=O)N[C@@H](CCC(=O)NCCCC[C@H](C)C(C)=O)C(=O)O)C(=O)O. The van der Waals surface area contributed by atoms with Crippen LogP contribution in [-0.2, 0) is 43.0 Å². The summed E-state index contributed by atoms with van der Waals surface area (Å²) in [7, 11) is 0. The molecule has 3 atom stereocenters. The van der Waals surface area contributed by atoms with Gasteiger partial charge >= 0.3 is 11.9 Å². The highest BCUT2D eigenvalue weighted by Crippen LogP contribution is 2.13. The van der Waals surface area contributed by atoms with Crippen LogP contribution in [0.3, 0.4) is 0 Å². The molecule has 0 aromatic rings. The summed E-state index contributed by atoms with van der Waals surface area (Å²) < 4.78 is 10.4. The number of rotatable bonds is 26. The third kappa shape index (κ3) is 20.5. The standard InChI is InChI=1S/C28H47N3O11/c1-4-24(34)30-13-14-41-15-16-42-18-22(33)17-21(27(37)38)8-10-26(36)31-23(28(39)40)9-11-25(35)29-12-6-5-7-19(2)20(3)32/h19,21,23H,4-18H2,1-3H3,(H,29,35)(H,30,34)(H,31,36)(H,37,38)(H,39,40)/t19-,21+,23-/m0/s1. The molecular formula is C28H47N3O11. The lowest BCUT2D eigenvalue weighted by molar-refractivity contribution is -0.145. The van der Waals surface area contributed by atoms with Crippen LogP contribution in [0, 0.1) is 11.8 Å². The quantitative estimate of drug-likeness (QED) is 0.0876. The molecule has 0 saturated carbocycles. The van der Waals surface area contributed by atoms with Crippen LogP contribution in [0.5, 0.6) is 0 Å². The number of ketones is 2. The maximum absolute atomic E-state index is 12.3. The highest BCUT2D eigenvalue weighted by molar-refractivity contribution is 5.86. The Bertz CT molecular complexity index is 894. The first-order valence-corrected chi connectivity index (χ1v) is 14.3. The third-order valence-electron chi connectivity index (χ3n) is 6.44. The van der Waals surface area contributed by atoms with E-state index in [1.807, 2.05) is 6.92 Å². The minimum atomic E-state index is -1.33. The number of carbonyl (C=O) groups excluding carboxylic acids is 5. The molecule has 5 N–H and O–H groups in total. The lowest BCUT2D eigenvalue weighted by Gasteiger charge is -2.16. The van der Waals surface area contributed by atoms with Crippen LogP contribution >= 0.6 is 0 Å². The van der Waals surface area contributed by atoms with E-state index in [1.165, 1.54) is 6.92 Å². The van der Waals surface area contributed by atoms with Crippen molar-refractivity contribution in [3.05, 3.63) is 0 Å². The summed E-state index contributed by atoms with van der Waals surface area (Å²) in [6.07, 6.45) is 1.40. The van der Waals surface area contributed by atoms with Crippen molar-refractivity contribution in [1.29, 1.82) is 0 Å². The highest BCUT2D eigenvalue weighted by Gasteiger charge is 2.25. The van der Waals surface area contributed by atoms with Crippen molar-refractivity contribution in [2.75, 3.05) is 39.5 Å². The molecule has 240 valence electrons. The number of hydrogen-bond donors (Lipinski definition) is 5. The van der Waals surface area contributed by atoms with E-state index in [9.17, 15) is 43.8 Å². The number of nitrogens with one attached hydrogen (secondary N) is 3. The van der Waals surface area contributed by atoms with Crippen molar-refractivity contribution in [3.8, 4) is 0 Å². The van der Waals surface area contributed by atoms with Crippen LogP contribution in [0.15, 0.2) is 0 Å². The molecule has 0 rings (SSSR count). The Morgan fingerprint density at radius 2 is 1.38 bits per heavy atom. The van der Waals surface area contributed by atoms with Gasteiger partial charge in [0.05, 0.1) is 25.7 Å². The Morgan fingerprint density at radius 3 is 2.00 bits per heavy atom. The molecule has 0 unspecified atom stereocenters. The molecule has 3 amide bonds. The third-order valence-corrected chi connectivity index (χ3v) is 6.44. The van der Waals surface area contributed by atoms with Crippen LogP contribution < -0.4 is 16.0 Å². The van der Waals surface area contributed by atoms with Crippen molar-refractivity contribution < 1.29 is 53.2 Å². The van der Waals surface area contributed by atoms with E-state index in [2.05, 4.69) is 16.0 Å². The molecule has 0 aromatic heterocycles. The van der Waals surface area contributed by atoms with E-state index in [0.29, 0.717) is 25.9 Å². The first-order valence-electron chi connectivity index (χ1n) is 14.3. The van der Waals surface area contributed by atoms with Gasteiger partial charge in [-0.2, -0.15) is 0 Å². The summed E-state index contributed by atoms with van der Waals surface area (Å²) in [6.45, 7) is 6.10. The fourth-order valence-corrected chi connectivity index (χ4v) is 3.64. The number of aliphatic carboxylic acids is 2. The lowest BCUT2D eigenvalue weighted by Crippen LogP contribution is -2.42. The predicted molar refractivity (Wildman–Crippen MR) is 150 cm³/mol. The summed E-state index contributed by atoms with van der Waals surface area (Å²) in [5.41, 5.74) is 0. The lowest BCUT2D eigenvalue weighted by atomic mass is 9.97. The molecule has 0 spiro atoms. The predicted octanol–water partition coefficient (Wildman–Crippen LogP) is 0.847. The van der Waals surface area contributed by atoms with E-state index in [4.69, 9.17) is 9.47 Å². The molecule has 0 fully saturated rings. The van der Waals surface area contributed by atoms with Crippen LogP contribution in [0.25, 0.3) is 0 Å². The molecule has 0 aliphatic rings. The second kappa shape index (κ2) is 23.2. The van der Waals surface area contributed by atoms with E-state index >= 15 is 0 Å². The minimum Gasteiger partial charge on any atom is -0.481 e. The van der Waals surface area contributed by atoms with Crippen molar-refractivity contribution in [3.63, 3.8) is 0 Å². The number of unbranched alkanes of at least 4 members (excludes halogenated alkanes) is 1. The first kappa shape index (κ1) is 38.6. The normalized spacial score (nSPS) is 12.9. The number of hydrogen-bond acceptors (Lipinski definition) is 9. The average Bonchev–Trinajstić information content (AvgIpc) is 2.93. The van der Waals surface area contributed by atoms with Gasteiger partial charge in [0, 0.05) is 44.7 Å². The molecule has 0 aromatic carbocycles. The van der Waals surface area contributed by atoms with Gasteiger partial charge in [-0.1, -0.05) is 20.3 Å². The summed E-state index contributed by atoms with van der Waals surface area (Å²) in [4.78, 5) is 81.9. The van der Waals surface area contributed by atoms with Gasteiger partial charge in [-0.3, -0.25) is 28.8 Å². The fraction of sp³-hybridized carbons (Fsp3) is 0.750. The van der Waals surface area contributed by atoms with Crippen molar-refractivity contribution in [1.82, 2.24) is 16.0 Å². The summed E-state index contributed by atoms with van der Waals surface area (Å²) in [5.74, 6) is -5.30. The Hall–Kier alpha value is -3.39. The zero-order chi connectivity index (χ0) is 31.9. The van der Waals surface area contributed by atoms with Gasteiger partial charge in [0.2, 0.25) is 17.7 Å². The van der Waals surface area contributed by atoms with Gasteiger partial charge < -0.3 is 35.6 Å². The van der Waals surface area contributed by atoms with Crippen molar-refractivity contribution in [2.24, 2.45) is 11.8 Å². The van der Waals surface area contributed by atoms with Crippen LogP contribution in [0.4, 0.5) is 0 Å². The smallest absolute Gasteiger partial charge is 0.326 e. The number of carbonyl (C=O) groups is 7. The second-order valence-corrected chi connectivity index (χ2v) is 10.0.